The molecule has 1 aliphatic carbocycles. The van der Waals surface area contributed by atoms with Crippen LogP contribution in [0.2, 0.25) is 0 Å². The maximum atomic E-state index is 12.7. The fourth-order valence-corrected chi connectivity index (χ4v) is 3.30. The Morgan fingerprint density at radius 1 is 1.04 bits per heavy atom. The second-order valence-corrected chi connectivity index (χ2v) is 6.89. The van der Waals surface area contributed by atoms with E-state index in [1.165, 1.54) is 0 Å². The molecule has 0 spiro atoms. The van der Waals surface area contributed by atoms with Crippen LogP contribution in [0.15, 0.2) is 0 Å². The summed E-state index contributed by atoms with van der Waals surface area (Å²) < 4.78 is 5.31. The number of piperazine rings is 1. The summed E-state index contributed by atoms with van der Waals surface area (Å²) in [5.74, 6) is -0.0378. The second-order valence-electron chi connectivity index (χ2n) is 6.89. The van der Waals surface area contributed by atoms with E-state index in [4.69, 9.17) is 4.74 Å². The number of morpholine rings is 1. The Hall–Kier alpha value is -1.18. The topological polar surface area (TPSA) is 65.1 Å². The molecule has 0 aromatic rings. The van der Waals surface area contributed by atoms with Crippen molar-refractivity contribution in [1.29, 1.82) is 0 Å². The predicted octanol–water partition coefficient (Wildman–Crippen LogP) is -1.01. The summed E-state index contributed by atoms with van der Waals surface area (Å²) in [7, 11) is 2.06. The Balaban J connectivity index is 1.45. The molecule has 1 saturated carbocycles. The van der Waals surface area contributed by atoms with Crippen molar-refractivity contribution in [1.82, 2.24) is 20.0 Å². The number of amides is 2. The first kappa shape index (κ1) is 16.7. The Labute approximate surface area is 137 Å². The molecular formula is C16H28N4O3. The highest BCUT2D eigenvalue weighted by Gasteiger charge is 2.57. The van der Waals surface area contributed by atoms with Crippen LogP contribution in [0.5, 0.6) is 0 Å². The lowest BCUT2D eigenvalue weighted by Gasteiger charge is -2.34. The lowest BCUT2D eigenvalue weighted by Crippen LogP contribution is -2.52. The van der Waals surface area contributed by atoms with Gasteiger partial charge in [-0.15, -0.1) is 0 Å². The van der Waals surface area contributed by atoms with Gasteiger partial charge in [0.2, 0.25) is 11.8 Å². The van der Waals surface area contributed by atoms with Gasteiger partial charge in [0.25, 0.3) is 0 Å². The third-order valence-corrected chi connectivity index (χ3v) is 5.20. The van der Waals surface area contributed by atoms with Crippen molar-refractivity contribution in [3.63, 3.8) is 0 Å². The largest absolute Gasteiger partial charge is 0.379 e. The number of rotatable bonds is 5. The molecule has 3 fully saturated rings. The lowest BCUT2D eigenvalue weighted by molar-refractivity contribution is -0.145. The number of hydrogen-bond acceptors (Lipinski definition) is 5. The van der Waals surface area contributed by atoms with E-state index < -0.39 is 5.41 Å². The number of ether oxygens (including phenoxy) is 1. The van der Waals surface area contributed by atoms with Crippen LogP contribution in [0, 0.1) is 5.41 Å². The van der Waals surface area contributed by atoms with Crippen molar-refractivity contribution in [3.8, 4) is 0 Å². The monoisotopic (exact) mass is 324 g/mol. The normalized spacial score (nSPS) is 25.2. The molecule has 3 aliphatic rings. The Morgan fingerprint density at radius 3 is 2.30 bits per heavy atom. The van der Waals surface area contributed by atoms with Crippen LogP contribution in [-0.2, 0) is 14.3 Å². The molecule has 2 saturated heterocycles. The Kier molecular flexibility index (Phi) is 5.18. The molecule has 1 N–H and O–H groups in total. The Morgan fingerprint density at radius 2 is 1.70 bits per heavy atom. The van der Waals surface area contributed by atoms with Gasteiger partial charge in [-0.3, -0.25) is 14.5 Å². The van der Waals surface area contributed by atoms with E-state index in [-0.39, 0.29) is 11.8 Å². The molecule has 7 nitrogen and oxygen atoms in total. The predicted molar refractivity (Wildman–Crippen MR) is 86.0 cm³/mol. The van der Waals surface area contributed by atoms with Gasteiger partial charge in [0, 0.05) is 52.4 Å². The zero-order chi connectivity index (χ0) is 16.3. The number of carbonyl (C=O) groups excluding carboxylic acids is 2. The van der Waals surface area contributed by atoms with E-state index >= 15 is 0 Å². The highest BCUT2D eigenvalue weighted by atomic mass is 16.5. The highest BCUT2D eigenvalue weighted by molar-refractivity contribution is 6.07. The summed E-state index contributed by atoms with van der Waals surface area (Å²) in [4.78, 5) is 31.6. The first-order chi connectivity index (χ1) is 11.1. The van der Waals surface area contributed by atoms with Crippen LogP contribution in [-0.4, -0.2) is 99.1 Å². The fraction of sp³-hybridized carbons (Fsp3) is 0.875. The maximum Gasteiger partial charge on any atom is 0.238 e. The molecule has 0 unspecified atom stereocenters. The molecular weight excluding hydrogens is 296 g/mol. The van der Waals surface area contributed by atoms with Gasteiger partial charge in [0.15, 0.2) is 0 Å². The summed E-state index contributed by atoms with van der Waals surface area (Å²) >= 11 is 0. The molecule has 3 rings (SSSR count). The van der Waals surface area contributed by atoms with Gasteiger partial charge in [-0.1, -0.05) is 0 Å². The molecule has 0 aromatic heterocycles. The van der Waals surface area contributed by atoms with Crippen molar-refractivity contribution in [3.05, 3.63) is 0 Å². The zero-order valence-electron chi connectivity index (χ0n) is 14.1. The number of nitrogens with one attached hydrogen (secondary N) is 1. The van der Waals surface area contributed by atoms with Gasteiger partial charge < -0.3 is 19.9 Å². The number of hydrogen-bond donors (Lipinski definition) is 1. The molecule has 7 heteroatoms. The molecule has 0 atom stereocenters. The maximum absolute atomic E-state index is 12.7. The number of carbonyl (C=O) groups is 2. The van der Waals surface area contributed by atoms with Gasteiger partial charge in [-0.2, -0.15) is 0 Å². The van der Waals surface area contributed by atoms with E-state index in [9.17, 15) is 9.59 Å². The SMILES string of the molecule is CN1CCN(C(=O)C2(C(=O)NCCN3CCOCC3)CC2)CC1. The summed E-state index contributed by atoms with van der Waals surface area (Å²) in [5, 5.41) is 2.98. The van der Waals surface area contributed by atoms with Crippen LogP contribution in [0.3, 0.4) is 0 Å². The fourth-order valence-electron chi connectivity index (χ4n) is 3.30. The molecule has 2 heterocycles. The van der Waals surface area contributed by atoms with Crippen molar-refractivity contribution >= 4 is 11.8 Å². The van der Waals surface area contributed by atoms with Gasteiger partial charge in [-0.25, -0.2) is 0 Å². The van der Waals surface area contributed by atoms with Crippen LogP contribution in [0.1, 0.15) is 12.8 Å². The minimum atomic E-state index is -0.763. The third-order valence-electron chi connectivity index (χ3n) is 5.20. The summed E-state index contributed by atoms with van der Waals surface area (Å²) in [6.07, 6.45) is 1.39. The van der Waals surface area contributed by atoms with Crippen molar-refractivity contribution < 1.29 is 14.3 Å². The Bertz CT molecular complexity index is 439. The summed E-state index contributed by atoms with van der Waals surface area (Å²) in [5.41, 5.74) is -0.763. The smallest absolute Gasteiger partial charge is 0.238 e. The first-order valence-corrected chi connectivity index (χ1v) is 8.68. The molecule has 0 bridgehead atoms. The summed E-state index contributed by atoms with van der Waals surface area (Å²) in [6, 6.07) is 0. The molecule has 0 aromatic carbocycles. The minimum Gasteiger partial charge on any atom is -0.379 e. The van der Waals surface area contributed by atoms with E-state index in [0.29, 0.717) is 19.4 Å². The standard InChI is InChI=1S/C16H28N4O3/c1-18-6-8-20(9-7-18)15(22)16(2-3-16)14(21)17-4-5-19-10-12-23-13-11-19/h2-13H2,1H3,(H,17,21). The third kappa shape index (κ3) is 3.84. The average molecular weight is 324 g/mol. The average Bonchev–Trinajstić information content (AvgIpc) is 3.38. The van der Waals surface area contributed by atoms with Crippen molar-refractivity contribution in [2.45, 2.75) is 12.8 Å². The summed E-state index contributed by atoms with van der Waals surface area (Å²) in [6.45, 7) is 8.05. The van der Waals surface area contributed by atoms with Gasteiger partial charge in [0.05, 0.1) is 13.2 Å². The van der Waals surface area contributed by atoms with Crippen LogP contribution in [0.25, 0.3) is 0 Å². The quantitative estimate of drug-likeness (QED) is 0.657. The van der Waals surface area contributed by atoms with E-state index in [2.05, 4.69) is 22.2 Å². The van der Waals surface area contributed by atoms with E-state index in [1.807, 2.05) is 4.90 Å². The van der Waals surface area contributed by atoms with E-state index in [0.717, 1.165) is 59.0 Å². The number of nitrogens with zero attached hydrogens (tertiary/aromatic N) is 3. The van der Waals surface area contributed by atoms with Gasteiger partial charge in [-0.05, 0) is 19.9 Å². The van der Waals surface area contributed by atoms with Crippen LogP contribution >= 0.6 is 0 Å². The van der Waals surface area contributed by atoms with Crippen molar-refractivity contribution in [2.75, 3.05) is 72.6 Å². The highest BCUT2D eigenvalue weighted by Crippen LogP contribution is 2.47. The lowest BCUT2D eigenvalue weighted by atomic mass is 10.0. The van der Waals surface area contributed by atoms with E-state index in [1.54, 1.807) is 0 Å². The van der Waals surface area contributed by atoms with Crippen LogP contribution in [0.4, 0.5) is 0 Å². The molecule has 0 radical (unpaired) electrons. The van der Waals surface area contributed by atoms with Gasteiger partial charge in [0.1, 0.15) is 5.41 Å². The molecule has 130 valence electrons. The molecule has 23 heavy (non-hydrogen) atoms. The zero-order valence-corrected chi connectivity index (χ0v) is 14.1. The molecule has 2 aliphatic heterocycles. The van der Waals surface area contributed by atoms with Gasteiger partial charge >= 0.3 is 0 Å². The van der Waals surface area contributed by atoms with Crippen LogP contribution < -0.4 is 5.32 Å². The minimum absolute atomic E-state index is 0.0365. The molecule has 2 amide bonds. The van der Waals surface area contributed by atoms with Crippen molar-refractivity contribution in [2.24, 2.45) is 5.41 Å². The first-order valence-electron chi connectivity index (χ1n) is 8.68. The number of likely N-dealkylation sites (N-methyl/N-ethyl adjacent to an activating group) is 1. The second kappa shape index (κ2) is 7.15.